The average Bonchev–Trinajstić information content (AvgIpc) is 3.21. The predicted octanol–water partition coefficient (Wildman–Crippen LogP) is 3.44. The minimum absolute atomic E-state index is 0.300. The Morgan fingerprint density at radius 1 is 1.11 bits per heavy atom. The summed E-state index contributed by atoms with van der Waals surface area (Å²) < 4.78 is 23.1. The van der Waals surface area contributed by atoms with Crippen LogP contribution in [0, 0.1) is 0 Å². The van der Waals surface area contributed by atoms with Crippen LogP contribution in [0.15, 0.2) is 42.7 Å². The Kier molecular flexibility index (Phi) is 6.10. The highest BCUT2D eigenvalue weighted by Gasteiger charge is 2.40. The van der Waals surface area contributed by atoms with Crippen LogP contribution in [0.2, 0.25) is 0 Å². The van der Waals surface area contributed by atoms with E-state index in [0.717, 1.165) is 62.5 Å². The van der Waals surface area contributed by atoms with Crippen molar-refractivity contribution in [3.8, 4) is 11.5 Å². The summed E-state index contributed by atoms with van der Waals surface area (Å²) >= 11 is 0. The zero-order chi connectivity index (χ0) is 19.2. The SMILES string of the molecule is COc1ccc(CNC2CCC3(CC2)OCCO3)cc1OCc1cccnc1. The molecule has 2 fully saturated rings. The van der Waals surface area contributed by atoms with Gasteiger partial charge in [-0.05, 0) is 36.6 Å². The molecule has 6 heteroatoms. The van der Waals surface area contributed by atoms with Gasteiger partial charge in [0.1, 0.15) is 6.61 Å². The van der Waals surface area contributed by atoms with Gasteiger partial charge in [-0.25, -0.2) is 0 Å². The van der Waals surface area contributed by atoms with Gasteiger partial charge in [-0.15, -0.1) is 0 Å². The van der Waals surface area contributed by atoms with Gasteiger partial charge < -0.3 is 24.3 Å². The van der Waals surface area contributed by atoms with Crippen LogP contribution < -0.4 is 14.8 Å². The Morgan fingerprint density at radius 2 is 1.93 bits per heavy atom. The number of benzene rings is 1. The smallest absolute Gasteiger partial charge is 0.168 e. The van der Waals surface area contributed by atoms with E-state index in [-0.39, 0.29) is 5.79 Å². The van der Waals surface area contributed by atoms with E-state index in [1.807, 2.05) is 24.4 Å². The Labute approximate surface area is 166 Å². The highest BCUT2D eigenvalue weighted by molar-refractivity contribution is 5.43. The number of nitrogens with one attached hydrogen (secondary N) is 1. The second kappa shape index (κ2) is 8.90. The van der Waals surface area contributed by atoms with Crippen molar-refractivity contribution in [1.82, 2.24) is 10.3 Å². The zero-order valence-electron chi connectivity index (χ0n) is 16.4. The van der Waals surface area contributed by atoms with E-state index in [2.05, 4.69) is 22.4 Å². The van der Waals surface area contributed by atoms with E-state index < -0.39 is 0 Å². The minimum atomic E-state index is -0.300. The van der Waals surface area contributed by atoms with Gasteiger partial charge in [-0.3, -0.25) is 4.98 Å². The maximum Gasteiger partial charge on any atom is 0.168 e. The quantitative estimate of drug-likeness (QED) is 0.789. The summed E-state index contributed by atoms with van der Waals surface area (Å²) in [6.07, 6.45) is 7.64. The number of hydrogen-bond donors (Lipinski definition) is 1. The molecule has 0 amide bonds. The molecule has 0 atom stereocenters. The third-order valence-corrected chi connectivity index (χ3v) is 5.50. The van der Waals surface area contributed by atoms with Crippen molar-refractivity contribution in [3.63, 3.8) is 0 Å². The van der Waals surface area contributed by atoms with Crippen molar-refractivity contribution >= 4 is 0 Å². The lowest BCUT2D eigenvalue weighted by Crippen LogP contribution is -2.41. The number of ether oxygens (including phenoxy) is 4. The lowest BCUT2D eigenvalue weighted by atomic mass is 9.90. The normalized spacial score (nSPS) is 19.0. The summed E-state index contributed by atoms with van der Waals surface area (Å²) in [6.45, 7) is 2.72. The monoisotopic (exact) mass is 384 g/mol. The second-order valence-corrected chi connectivity index (χ2v) is 7.40. The fraction of sp³-hybridized carbons (Fsp3) is 0.500. The maximum absolute atomic E-state index is 5.98. The van der Waals surface area contributed by atoms with Crippen molar-refractivity contribution in [2.75, 3.05) is 20.3 Å². The van der Waals surface area contributed by atoms with Crippen LogP contribution in [-0.4, -0.2) is 37.1 Å². The third-order valence-electron chi connectivity index (χ3n) is 5.50. The molecule has 1 spiro atoms. The van der Waals surface area contributed by atoms with Crippen molar-refractivity contribution in [2.45, 2.75) is 50.7 Å². The molecule has 150 valence electrons. The Morgan fingerprint density at radius 3 is 2.64 bits per heavy atom. The van der Waals surface area contributed by atoms with E-state index in [0.29, 0.717) is 12.6 Å². The highest BCUT2D eigenvalue weighted by Crippen LogP contribution is 2.36. The molecule has 1 saturated carbocycles. The summed E-state index contributed by atoms with van der Waals surface area (Å²) in [5.74, 6) is 1.19. The van der Waals surface area contributed by atoms with Crippen molar-refractivity contribution in [3.05, 3.63) is 53.9 Å². The first kappa shape index (κ1) is 19.2. The summed E-state index contributed by atoms with van der Waals surface area (Å²) in [5.41, 5.74) is 2.20. The molecule has 1 N–H and O–H groups in total. The minimum Gasteiger partial charge on any atom is -0.493 e. The number of methoxy groups -OCH3 is 1. The first-order valence-electron chi connectivity index (χ1n) is 9.96. The van der Waals surface area contributed by atoms with Gasteiger partial charge in [0.25, 0.3) is 0 Å². The van der Waals surface area contributed by atoms with E-state index in [1.165, 1.54) is 5.56 Å². The Bertz CT molecular complexity index is 752. The first-order chi connectivity index (χ1) is 13.8. The fourth-order valence-corrected chi connectivity index (χ4v) is 3.90. The predicted molar refractivity (Wildman–Crippen MR) is 105 cm³/mol. The van der Waals surface area contributed by atoms with E-state index >= 15 is 0 Å². The largest absolute Gasteiger partial charge is 0.493 e. The number of nitrogens with zero attached hydrogens (tertiary/aromatic N) is 1. The maximum atomic E-state index is 5.98. The molecule has 1 aromatic carbocycles. The number of aromatic nitrogens is 1. The first-order valence-corrected chi connectivity index (χ1v) is 9.96. The van der Waals surface area contributed by atoms with Crippen molar-refractivity contribution in [1.29, 1.82) is 0 Å². The summed E-state index contributed by atoms with van der Waals surface area (Å²) in [5, 5.41) is 3.67. The number of rotatable bonds is 7. The van der Waals surface area contributed by atoms with Crippen LogP contribution in [0.3, 0.4) is 0 Å². The van der Waals surface area contributed by atoms with Gasteiger partial charge in [-0.2, -0.15) is 0 Å². The highest BCUT2D eigenvalue weighted by atomic mass is 16.7. The van der Waals surface area contributed by atoms with Gasteiger partial charge in [0.2, 0.25) is 0 Å². The average molecular weight is 384 g/mol. The molecule has 1 aliphatic carbocycles. The molecule has 28 heavy (non-hydrogen) atoms. The molecule has 1 aromatic heterocycles. The van der Waals surface area contributed by atoms with E-state index in [4.69, 9.17) is 18.9 Å². The molecule has 1 saturated heterocycles. The number of hydrogen-bond acceptors (Lipinski definition) is 6. The molecule has 2 aliphatic rings. The van der Waals surface area contributed by atoms with Crippen LogP contribution in [-0.2, 0) is 22.6 Å². The standard InChI is InChI=1S/C22H28N2O4/c1-25-20-5-4-17(13-21(20)26-16-18-3-2-10-23-14-18)15-24-19-6-8-22(9-7-19)27-11-12-28-22/h2-5,10,13-14,19,24H,6-9,11-12,15-16H2,1H3. The van der Waals surface area contributed by atoms with Gasteiger partial charge >= 0.3 is 0 Å². The number of pyridine rings is 1. The molecule has 2 heterocycles. The molecule has 0 unspecified atom stereocenters. The molecule has 2 aromatic rings. The molecular formula is C22H28N2O4. The van der Waals surface area contributed by atoms with Crippen molar-refractivity contribution in [2.24, 2.45) is 0 Å². The molecular weight excluding hydrogens is 356 g/mol. The van der Waals surface area contributed by atoms with Crippen molar-refractivity contribution < 1.29 is 18.9 Å². The summed E-state index contributed by atoms with van der Waals surface area (Å²) in [4.78, 5) is 4.13. The van der Waals surface area contributed by atoms with Crippen LogP contribution in [0.4, 0.5) is 0 Å². The van der Waals surface area contributed by atoms with Crippen LogP contribution in [0.25, 0.3) is 0 Å². The molecule has 1 aliphatic heterocycles. The summed E-state index contributed by atoms with van der Waals surface area (Å²) in [7, 11) is 1.66. The van der Waals surface area contributed by atoms with Crippen LogP contribution >= 0.6 is 0 Å². The Balaban J connectivity index is 1.32. The lowest BCUT2D eigenvalue weighted by molar-refractivity contribution is -0.179. The molecule has 0 bridgehead atoms. The van der Waals surface area contributed by atoms with Crippen LogP contribution in [0.5, 0.6) is 11.5 Å². The van der Waals surface area contributed by atoms with Gasteiger partial charge in [0.05, 0.1) is 20.3 Å². The molecule has 6 nitrogen and oxygen atoms in total. The van der Waals surface area contributed by atoms with Gasteiger partial charge in [0, 0.05) is 43.4 Å². The molecule has 4 rings (SSSR count). The van der Waals surface area contributed by atoms with E-state index in [1.54, 1.807) is 13.3 Å². The zero-order valence-corrected chi connectivity index (χ0v) is 16.4. The lowest BCUT2D eigenvalue weighted by Gasteiger charge is -2.35. The third kappa shape index (κ3) is 4.63. The second-order valence-electron chi connectivity index (χ2n) is 7.40. The topological polar surface area (TPSA) is 61.8 Å². The van der Waals surface area contributed by atoms with E-state index in [9.17, 15) is 0 Å². The summed E-state index contributed by atoms with van der Waals surface area (Å²) in [6, 6.07) is 10.5. The fourth-order valence-electron chi connectivity index (χ4n) is 3.90. The van der Waals surface area contributed by atoms with Gasteiger partial charge in [-0.1, -0.05) is 12.1 Å². The Hall–Kier alpha value is -2.15. The molecule has 0 radical (unpaired) electrons. The van der Waals surface area contributed by atoms with Gasteiger partial charge in [0.15, 0.2) is 17.3 Å². The van der Waals surface area contributed by atoms with Crippen LogP contribution in [0.1, 0.15) is 36.8 Å².